The van der Waals surface area contributed by atoms with E-state index < -0.39 is 0 Å². The molecule has 1 aliphatic carbocycles. The number of para-hydroxylation sites is 4. The first-order valence-corrected chi connectivity index (χ1v) is 19.6. The average Bonchev–Trinajstić information content (AvgIpc) is 3.88. The molecule has 4 nitrogen and oxygen atoms in total. The van der Waals surface area contributed by atoms with Crippen molar-refractivity contribution in [2.75, 3.05) is 0 Å². The van der Waals surface area contributed by atoms with Crippen molar-refractivity contribution in [3.05, 3.63) is 187 Å². The van der Waals surface area contributed by atoms with E-state index in [4.69, 9.17) is 14.4 Å². The number of rotatable bonds is 4. The maximum absolute atomic E-state index is 6.58. The van der Waals surface area contributed by atoms with Gasteiger partial charge in [0.1, 0.15) is 11.2 Å². The molecule has 1 aliphatic rings. The summed E-state index contributed by atoms with van der Waals surface area (Å²) in [6, 6.07) is 62.8. The predicted molar refractivity (Wildman–Crippen MR) is 235 cm³/mol. The summed E-state index contributed by atoms with van der Waals surface area (Å²) in [6.45, 7) is 4.70. The molecule has 0 saturated carbocycles. The van der Waals surface area contributed by atoms with Crippen molar-refractivity contribution in [3.63, 3.8) is 0 Å². The topological polar surface area (TPSA) is 43.9 Å². The first-order chi connectivity index (χ1) is 28.0. The van der Waals surface area contributed by atoms with Gasteiger partial charge in [0.15, 0.2) is 5.82 Å². The zero-order valence-electron chi connectivity index (χ0n) is 31.5. The third-order valence-electron chi connectivity index (χ3n) is 12.2. The van der Waals surface area contributed by atoms with Gasteiger partial charge >= 0.3 is 0 Å². The molecule has 0 N–H and O–H groups in total. The van der Waals surface area contributed by atoms with Gasteiger partial charge in [-0.3, -0.25) is 0 Å². The van der Waals surface area contributed by atoms with Gasteiger partial charge in [-0.25, -0.2) is 9.97 Å². The van der Waals surface area contributed by atoms with Gasteiger partial charge in [0, 0.05) is 49.2 Å². The summed E-state index contributed by atoms with van der Waals surface area (Å²) in [7, 11) is 0. The van der Waals surface area contributed by atoms with E-state index in [0.717, 1.165) is 72.0 Å². The highest BCUT2D eigenvalue weighted by Gasteiger charge is 2.36. The number of hydrogen-bond donors (Lipinski definition) is 0. The van der Waals surface area contributed by atoms with Gasteiger partial charge in [-0.2, -0.15) is 0 Å². The molecule has 12 rings (SSSR count). The molecule has 4 heteroatoms. The zero-order valence-corrected chi connectivity index (χ0v) is 31.5. The van der Waals surface area contributed by atoms with Crippen LogP contribution in [0.3, 0.4) is 0 Å². The minimum absolute atomic E-state index is 0.123. The van der Waals surface area contributed by atoms with Gasteiger partial charge in [0.25, 0.3) is 0 Å². The monoisotopic (exact) mass is 729 g/mol. The summed E-state index contributed by atoms with van der Waals surface area (Å²) in [5.41, 5.74) is 16.2. The molecular weight excluding hydrogens is 695 g/mol. The lowest BCUT2D eigenvalue weighted by Crippen LogP contribution is -2.15. The molecule has 0 spiro atoms. The van der Waals surface area contributed by atoms with Gasteiger partial charge in [-0.15, -0.1) is 0 Å². The summed E-state index contributed by atoms with van der Waals surface area (Å²) >= 11 is 0. The maximum atomic E-state index is 6.58. The summed E-state index contributed by atoms with van der Waals surface area (Å²) in [4.78, 5) is 10.8. The molecule has 0 amide bonds. The van der Waals surface area contributed by atoms with Gasteiger partial charge in [0.2, 0.25) is 0 Å². The highest BCUT2D eigenvalue weighted by molar-refractivity contribution is 6.13. The number of nitrogens with zero attached hydrogens (tertiary/aromatic N) is 3. The largest absolute Gasteiger partial charge is 0.455 e. The van der Waals surface area contributed by atoms with Crippen molar-refractivity contribution in [2.24, 2.45) is 0 Å². The van der Waals surface area contributed by atoms with Crippen LogP contribution < -0.4 is 0 Å². The summed E-state index contributed by atoms with van der Waals surface area (Å²) in [5, 5.41) is 5.62. The minimum Gasteiger partial charge on any atom is -0.455 e. The number of aromatic nitrogens is 3. The second-order valence-corrected chi connectivity index (χ2v) is 15.7. The van der Waals surface area contributed by atoms with Gasteiger partial charge < -0.3 is 8.98 Å². The van der Waals surface area contributed by atoms with Crippen molar-refractivity contribution in [1.82, 2.24) is 14.5 Å². The van der Waals surface area contributed by atoms with Gasteiger partial charge in [-0.05, 0) is 81.9 Å². The van der Waals surface area contributed by atoms with Crippen LogP contribution in [-0.2, 0) is 5.41 Å². The molecule has 8 aromatic carbocycles. The Morgan fingerprint density at radius 2 is 1.18 bits per heavy atom. The summed E-state index contributed by atoms with van der Waals surface area (Å²) < 4.78 is 9.01. The van der Waals surface area contributed by atoms with Crippen molar-refractivity contribution in [3.8, 4) is 50.6 Å². The van der Waals surface area contributed by atoms with E-state index in [-0.39, 0.29) is 5.41 Å². The fraction of sp³-hybridized carbons (Fsp3) is 0.0566. The lowest BCUT2D eigenvalue weighted by Gasteiger charge is -2.22. The predicted octanol–water partition coefficient (Wildman–Crippen LogP) is 13.9. The number of hydrogen-bond acceptors (Lipinski definition) is 3. The van der Waals surface area contributed by atoms with Crippen LogP contribution in [0.4, 0.5) is 0 Å². The maximum Gasteiger partial charge on any atom is 0.161 e. The molecule has 268 valence electrons. The SMILES string of the molecule is CC1(C)c2ccccc2-c2cc3c4ccccc4n(-c4ccc(-c5ccccc5)c(-c5nc(-c6cccc7c6oc6ccccc67)c6ccccc6n5)c4)c3cc21. The molecule has 0 bridgehead atoms. The van der Waals surface area contributed by atoms with Crippen LogP contribution in [0.1, 0.15) is 25.0 Å². The second-order valence-electron chi connectivity index (χ2n) is 15.7. The van der Waals surface area contributed by atoms with Crippen molar-refractivity contribution in [1.29, 1.82) is 0 Å². The standard InChI is InChI=1S/C53H35N3O/c1-53(2)44-23-10-6-17-35(44)41-30-42-36-18-8-12-25-47(36)56(48(42)31-45(41)53)33-27-28-34(32-15-4-3-5-16-32)43(29-33)52-54-46-24-11-7-20-39(46)50(55-52)40-22-14-21-38-37-19-9-13-26-49(37)57-51(38)40/h3-31H,1-2H3. The van der Waals surface area contributed by atoms with Crippen molar-refractivity contribution in [2.45, 2.75) is 19.3 Å². The third kappa shape index (κ3) is 4.62. The Hall–Kier alpha value is -7.30. The van der Waals surface area contributed by atoms with Crippen LogP contribution in [0.15, 0.2) is 180 Å². The molecule has 0 aliphatic heterocycles. The molecule has 0 unspecified atom stereocenters. The van der Waals surface area contributed by atoms with Crippen LogP contribution in [0, 0.1) is 0 Å². The summed E-state index contributed by atoms with van der Waals surface area (Å²) in [5.74, 6) is 0.663. The third-order valence-corrected chi connectivity index (χ3v) is 12.2. The van der Waals surface area contributed by atoms with Gasteiger partial charge in [-0.1, -0.05) is 141 Å². The number of benzene rings is 8. The van der Waals surface area contributed by atoms with E-state index in [9.17, 15) is 0 Å². The molecule has 0 atom stereocenters. The van der Waals surface area contributed by atoms with E-state index in [0.29, 0.717) is 5.82 Å². The number of furan rings is 1. The van der Waals surface area contributed by atoms with Crippen molar-refractivity contribution < 1.29 is 4.42 Å². The first kappa shape index (κ1) is 32.0. The quantitative estimate of drug-likeness (QED) is 0.181. The minimum atomic E-state index is -0.123. The molecule has 0 fully saturated rings. The lowest BCUT2D eigenvalue weighted by atomic mass is 9.82. The molecule has 3 aromatic heterocycles. The fourth-order valence-corrected chi connectivity index (χ4v) is 9.50. The summed E-state index contributed by atoms with van der Waals surface area (Å²) in [6.07, 6.45) is 0. The smallest absolute Gasteiger partial charge is 0.161 e. The Labute approximate surface area is 329 Å². The second kappa shape index (κ2) is 11.8. The Bertz CT molecular complexity index is 3440. The fourth-order valence-electron chi connectivity index (χ4n) is 9.50. The molecule has 57 heavy (non-hydrogen) atoms. The normalized spacial score (nSPS) is 13.2. The van der Waals surface area contributed by atoms with E-state index in [1.807, 2.05) is 12.1 Å². The van der Waals surface area contributed by atoms with Crippen LogP contribution in [0.2, 0.25) is 0 Å². The molecular formula is C53H35N3O. The highest BCUT2D eigenvalue weighted by atomic mass is 16.3. The molecule has 0 saturated heterocycles. The molecule has 11 aromatic rings. The number of fused-ring (bicyclic) bond motifs is 10. The van der Waals surface area contributed by atoms with Crippen LogP contribution >= 0.6 is 0 Å². The Balaban J connectivity index is 1.14. The Kier molecular flexibility index (Phi) is 6.65. The lowest BCUT2D eigenvalue weighted by molar-refractivity contribution is 0.661. The van der Waals surface area contributed by atoms with Crippen LogP contribution in [-0.4, -0.2) is 14.5 Å². The van der Waals surface area contributed by atoms with Crippen LogP contribution in [0.5, 0.6) is 0 Å². The zero-order chi connectivity index (χ0) is 37.8. The van der Waals surface area contributed by atoms with E-state index in [2.05, 4.69) is 182 Å². The van der Waals surface area contributed by atoms with E-state index in [1.54, 1.807) is 0 Å². The first-order valence-electron chi connectivity index (χ1n) is 19.6. The Morgan fingerprint density at radius 3 is 2.07 bits per heavy atom. The van der Waals surface area contributed by atoms with E-state index in [1.165, 1.54) is 38.5 Å². The molecule has 3 heterocycles. The van der Waals surface area contributed by atoms with E-state index >= 15 is 0 Å². The van der Waals surface area contributed by atoms with Crippen molar-refractivity contribution >= 4 is 54.6 Å². The Morgan fingerprint density at radius 1 is 0.456 bits per heavy atom. The van der Waals surface area contributed by atoms with Crippen LogP contribution in [0.25, 0.3) is 105 Å². The average molecular weight is 730 g/mol. The molecule has 0 radical (unpaired) electrons. The highest BCUT2D eigenvalue weighted by Crippen LogP contribution is 2.51. The van der Waals surface area contributed by atoms with Gasteiger partial charge in [0.05, 0.1) is 22.2 Å².